The minimum atomic E-state index is 0.244. The molecule has 0 aliphatic carbocycles. The zero-order chi connectivity index (χ0) is 12.1. The van der Waals surface area contributed by atoms with Crippen LogP contribution in [0.5, 0.6) is 5.75 Å². The van der Waals surface area contributed by atoms with Crippen LogP contribution >= 0.6 is 0 Å². The molecule has 0 radical (unpaired) electrons. The zero-order valence-corrected chi connectivity index (χ0v) is 10.7. The van der Waals surface area contributed by atoms with Crippen LogP contribution in [0.3, 0.4) is 0 Å². The fourth-order valence-electron chi connectivity index (χ4n) is 2.14. The summed E-state index contributed by atoms with van der Waals surface area (Å²) in [6, 6.07) is 4.25. The number of hydrogen-bond acceptors (Lipinski definition) is 2. The van der Waals surface area contributed by atoms with Crippen molar-refractivity contribution in [3.8, 4) is 5.75 Å². The molecular weight excluding hydrogens is 200 g/mol. The normalized spacial score (nSPS) is 10.9. The van der Waals surface area contributed by atoms with Gasteiger partial charge in [0.1, 0.15) is 5.75 Å². The lowest BCUT2D eigenvalue weighted by Crippen LogP contribution is -2.03. The van der Waals surface area contributed by atoms with Crippen molar-refractivity contribution < 1.29 is 9.84 Å². The summed E-state index contributed by atoms with van der Waals surface area (Å²) >= 11 is 0. The second-order valence-corrected chi connectivity index (χ2v) is 4.47. The van der Waals surface area contributed by atoms with Gasteiger partial charge in [-0.25, -0.2) is 0 Å². The maximum absolute atomic E-state index is 8.91. The first kappa shape index (κ1) is 13.0. The van der Waals surface area contributed by atoms with Gasteiger partial charge in [0.15, 0.2) is 0 Å². The fraction of sp³-hybridized carbons (Fsp3) is 0.571. The van der Waals surface area contributed by atoms with Crippen LogP contribution in [0, 0.1) is 6.92 Å². The van der Waals surface area contributed by atoms with Crippen molar-refractivity contribution in [3.05, 3.63) is 28.8 Å². The second kappa shape index (κ2) is 5.90. The number of aliphatic hydroxyl groups is 1. The molecule has 1 aromatic rings. The molecule has 0 saturated heterocycles. The molecule has 1 rings (SSSR count). The molecule has 0 aliphatic heterocycles. The Kier molecular flexibility index (Phi) is 4.81. The van der Waals surface area contributed by atoms with Gasteiger partial charge < -0.3 is 9.84 Å². The Morgan fingerprint density at radius 2 is 2.00 bits per heavy atom. The summed E-state index contributed by atoms with van der Waals surface area (Å²) < 4.78 is 5.50. The third kappa shape index (κ3) is 2.76. The SMILES string of the molecule is COc1c(C)ccc(CCCO)c1C(C)C. The van der Waals surface area contributed by atoms with Gasteiger partial charge in [0, 0.05) is 12.2 Å². The van der Waals surface area contributed by atoms with E-state index in [0.717, 1.165) is 18.6 Å². The Balaban J connectivity index is 3.16. The largest absolute Gasteiger partial charge is 0.496 e. The van der Waals surface area contributed by atoms with Crippen molar-refractivity contribution in [2.24, 2.45) is 0 Å². The van der Waals surface area contributed by atoms with E-state index in [1.54, 1.807) is 7.11 Å². The Bertz CT molecular complexity index is 343. The minimum absolute atomic E-state index is 0.244. The van der Waals surface area contributed by atoms with E-state index in [1.165, 1.54) is 16.7 Å². The molecule has 16 heavy (non-hydrogen) atoms. The average Bonchev–Trinajstić information content (AvgIpc) is 2.26. The maximum atomic E-state index is 8.91. The highest BCUT2D eigenvalue weighted by molar-refractivity contribution is 5.47. The molecule has 0 aliphatic rings. The predicted molar refractivity (Wildman–Crippen MR) is 67.2 cm³/mol. The van der Waals surface area contributed by atoms with Crippen molar-refractivity contribution in [1.82, 2.24) is 0 Å². The molecule has 0 bridgehead atoms. The molecule has 1 aromatic carbocycles. The summed E-state index contributed by atoms with van der Waals surface area (Å²) in [5.41, 5.74) is 3.77. The van der Waals surface area contributed by atoms with Crippen molar-refractivity contribution in [2.45, 2.75) is 39.5 Å². The van der Waals surface area contributed by atoms with E-state index in [0.29, 0.717) is 5.92 Å². The van der Waals surface area contributed by atoms with Crippen molar-refractivity contribution in [2.75, 3.05) is 13.7 Å². The van der Waals surface area contributed by atoms with Gasteiger partial charge in [0.2, 0.25) is 0 Å². The first-order chi connectivity index (χ1) is 7.61. The van der Waals surface area contributed by atoms with E-state index in [2.05, 4.69) is 32.9 Å². The zero-order valence-electron chi connectivity index (χ0n) is 10.7. The summed E-state index contributed by atoms with van der Waals surface area (Å²) in [4.78, 5) is 0. The number of ether oxygens (including phenoxy) is 1. The standard InChI is InChI=1S/C14H22O2/c1-10(2)13-12(6-5-9-15)8-7-11(3)14(13)16-4/h7-8,10,15H,5-6,9H2,1-4H3. The van der Waals surface area contributed by atoms with Crippen LogP contribution < -0.4 is 4.74 Å². The molecular formula is C14H22O2. The molecule has 0 aromatic heterocycles. The van der Waals surface area contributed by atoms with Gasteiger partial charge in [-0.05, 0) is 36.8 Å². The molecule has 0 saturated carbocycles. The van der Waals surface area contributed by atoms with Crippen LogP contribution in [0.4, 0.5) is 0 Å². The van der Waals surface area contributed by atoms with Crippen LogP contribution in [0.1, 0.15) is 42.9 Å². The topological polar surface area (TPSA) is 29.5 Å². The smallest absolute Gasteiger partial charge is 0.125 e. The second-order valence-electron chi connectivity index (χ2n) is 4.47. The number of benzene rings is 1. The monoisotopic (exact) mass is 222 g/mol. The Morgan fingerprint density at radius 1 is 1.31 bits per heavy atom. The van der Waals surface area contributed by atoms with Gasteiger partial charge in [0.25, 0.3) is 0 Å². The molecule has 0 fully saturated rings. The number of aryl methyl sites for hydroxylation is 2. The van der Waals surface area contributed by atoms with Crippen LogP contribution in [0.15, 0.2) is 12.1 Å². The summed E-state index contributed by atoms with van der Waals surface area (Å²) in [6.45, 7) is 6.67. The first-order valence-electron chi connectivity index (χ1n) is 5.89. The summed E-state index contributed by atoms with van der Waals surface area (Å²) in [5, 5.41) is 8.91. The van der Waals surface area contributed by atoms with E-state index >= 15 is 0 Å². The van der Waals surface area contributed by atoms with Crippen LogP contribution in [0.25, 0.3) is 0 Å². The van der Waals surface area contributed by atoms with Crippen LogP contribution in [-0.2, 0) is 6.42 Å². The highest BCUT2D eigenvalue weighted by atomic mass is 16.5. The molecule has 2 heteroatoms. The third-order valence-corrected chi connectivity index (χ3v) is 2.87. The maximum Gasteiger partial charge on any atom is 0.125 e. The van der Waals surface area contributed by atoms with E-state index in [9.17, 15) is 0 Å². The summed E-state index contributed by atoms with van der Waals surface area (Å²) in [6.07, 6.45) is 1.73. The van der Waals surface area contributed by atoms with Crippen LogP contribution in [-0.4, -0.2) is 18.8 Å². The summed E-state index contributed by atoms with van der Waals surface area (Å²) in [7, 11) is 1.73. The summed E-state index contributed by atoms with van der Waals surface area (Å²) in [5.74, 6) is 1.45. The minimum Gasteiger partial charge on any atom is -0.496 e. The Hall–Kier alpha value is -1.02. The van der Waals surface area contributed by atoms with Crippen molar-refractivity contribution >= 4 is 0 Å². The van der Waals surface area contributed by atoms with E-state index in [1.807, 2.05) is 0 Å². The van der Waals surface area contributed by atoms with Gasteiger partial charge in [-0.1, -0.05) is 26.0 Å². The van der Waals surface area contributed by atoms with Gasteiger partial charge in [-0.3, -0.25) is 0 Å². The lowest BCUT2D eigenvalue weighted by Gasteiger charge is -2.18. The van der Waals surface area contributed by atoms with E-state index in [4.69, 9.17) is 9.84 Å². The number of hydrogen-bond donors (Lipinski definition) is 1. The lowest BCUT2D eigenvalue weighted by molar-refractivity contribution is 0.288. The number of rotatable bonds is 5. The van der Waals surface area contributed by atoms with Crippen molar-refractivity contribution in [3.63, 3.8) is 0 Å². The third-order valence-electron chi connectivity index (χ3n) is 2.87. The number of aliphatic hydroxyl groups excluding tert-OH is 1. The van der Waals surface area contributed by atoms with Gasteiger partial charge in [0.05, 0.1) is 7.11 Å². The Morgan fingerprint density at radius 3 is 2.50 bits per heavy atom. The molecule has 0 unspecified atom stereocenters. The van der Waals surface area contributed by atoms with Gasteiger partial charge in [-0.2, -0.15) is 0 Å². The van der Waals surface area contributed by atoms with Crippen LogP contribution in [0.2, 0.25) is 0 Å². The lowest BCUT2D eigenvalue weighted by atomic mass is 9.91. The quantitative estimate of drug-likeness (QED) is 0.829. The van der Waals surface area contributed by atoms with Gasteiger partial charge in [-0.15, -0.1) is 0 Å². The molecule has 90 valence electrons. The fourth-order valence-corrected chi connectivity index (χ4v) is 2.14. The van der Waals surface area contributed by atoms with E-state index < -0.39 is 0 Å². The first-order valence-corrected chi connectivity index (χ1v) is 5.89. The molecule has 0 heterocycles. The number of methoxy groups -OCH3 is 1. The molecule has 0 amide bonds. The predicted octanol–water partition coefficient (Wildman–Crippen LogP) is 3.05. The molecule has 0 spiro atoms. The average molecular weight is 222 g/mol. The van der Waals surface area contributed by atoms with E-state index in [-0.39, 0.29) is 6.61 Å². The molecule has 1 N–H and O–H groups in total. The Labute approximate surface area is 98.3 Å². The highest BCUT2D eigenvalue weighted by Gasteiger charge is 2.14. The molecule has 2 nitrogen and oxygen atoms in total. The highest BCUT2D eigenvalue weighted by Crippen LogP contribution is 2.33. The van der Waals surface area contributed by atoms with Gasteiger partial charge >= 0.3 is 0 Å². The van der Waals surface area contributed by atoms with Crippen molar-refractivity contribution in [1.29, 1.82) is 0 Å². The molecule has 0 atom stereocenters.